The van der Waals surface area contributed by atoms with E-state index in [0.717, 1.165) is 37.9 Å². The molecule has 5 rings (SSSR count). The number of aromatic nitrogens is 2. The molecule has 37 heavy (non-hydrogen) atoms. The van der Waals surface area contributed by atoms with E-state index in [1.807, 2.05) is 31.0 Å². The van der Waals surface area contributed by atoms with Gasteiger partial charge in [0.25, 0.3) is 5.56 Å². The van der Waals surface area contributed by atoms with Crippen LogP contribution in [-0.2, 0) is 7.05 Å². The molecular formula is C29H31FN6O. The van der Waals surface area contributed by atoms with Crippen LogP contribution in [0.4, 0.5) is 15.8 Å². The van der Waals surface area contributed by atoms with Crippen molar-refractivity contribution in [2.75, 3.05) is 23.4 Å². The molecule has 2 saturated carbocycles. The summed E-state index contributed by atoms with van der Waals surface area (Å²) in [5.41, 5.74) is 3.29. The van der Waals surface area contributed by atoms with Crippen LogP contribution in [0.2, 0.25) is 0 Å². The first-order valence-electron chi connectivity index (χ1n) is 12.9. The number of fused-ring (bicyclic) bond motifs is 1. The van der Waals surface area contributed by atoms with Gasteiger partial charge in [-0.05, 0) is 87.3 Å². The number of aryl methyl sites for hydroxylation is 2. The van der Waals surface area contributed by atoms with Gasteiger partial charge in [-0.3, -0.25) is 4.79 Å². The third kappa shape index (κ3) is 4.64. The molecule has 190 valence electrons. The predicted octanol–water partition coefficient (Wildman–Crippen LogP) is 4.79. The summed E-state index contributed by atoms with van der Waals surface area (Å²) < 4.78 is 15.4. The molecule has 0 amide bonds. The van der Waals surface area contributed by atoms with Gasteiger partial charge in [0, 0.05) is 38.4 Å². The number of nitrogens with zero attached hydrogens (tertiary/aromatic N) is 6. The molecule has 2 fully saturated rings. The first-order chi connectivity index (χ1) is 17.8. The number of anilines is 2. The summed E-state index contributed by atoms with van der Waals surface area (Å²) in [7, 11) is 3.55. The molecule has 0 saturated heterocycles. The molecule has 7 nitrogen and oxygen atoms in total. The number of halogens is 1. The van der Waals surface area contributed by atoms with Crippen LogP contribution < -0.4 is 15.4 Å². The molecule has 0 radical (unpaired) electrons. The Balaban J connectivity index is 1.43. The van der Waals surface area contributed by atoms with Crippen molar-refractivity contribution in [3.8, 4) is 12.1 Å². The first kappa shape index (κ1) is 24.8. The first-order valence-corrected chi connectivity index (χ1v) is 12.9. The largest absolute Gasteiger partial charge is 0.369 e. The summed E-state index contributed by atoms with van der Waals surface area (Å²) in [6.07, 6.45) is 6.20. The van der Waals surface area contributed by atoms with Crippen LogP contribution in [0.25, 0.3) is 11.0 Å². The quantitative estimate of drug-likeness (QED) is 0.486. The van der Waals surface area contributed by atoms with Crippen molar-refractivity contribution < 1.29 is 4.39 Å². The van der Waals surface area contributed by atoms with Gasteiger partial charge in [0.2, 0.25) is 0 Å². The summed E-state index contributed by atoms with van der Waals surface area (Å²) in [5.74, 6) is 0.527. The third-order valence-corrected chi connectivity index (χ3v) is 8.07. The second kappa shape index (κ2) is 9.86. The van der Waals surface area contributed by atoms with Crippen LogP contribution in [-0.4, -0.2) is 35.2 Å². The number of rotatable bonds is 6. The van der Waals surface area contributed by atoms with E-state index < -0.39 is 0 Å². The lowest BCUT2D eigenvalue weighted by Gasteiger charge is -2.42. The molecule has 0 bridgehead atoms. The summed E-state index contributed by atoms with van der Waals surface area (Å²) in [5, 5.41) is 19.3. The molecule has 2 heterocycles. The van der Waals surface area contributed by atoms with Crippen molar-refractivity contribution in [2.45, 2.75) is 57.5 Å². The molecule has 2 aromatic heterocycles. The molecular weight excluding hydrogens is 467 g/mol. The molecule has 0 atom stereocenters. The average molecular weight is 499 g/mol. The van der Waals surface area contributed by atoms with E-state index >= 15 is 0 Å². The molecule has 0 N–H and O–H groups in total. The SMILES string of the molecule is Cc1cc(N(CC2CC2)C2CCC(N(C)c3c(C#N)c(=O)n(C)c4ccc(C#N)nc34)CC2)ccc1F. The van der Waals surface area contributed by atoms with Gasteiger partial charge < -0.3 is 14.4 Å². The summed E-state index contributed by atoms with van der Waals surface area (Å²) >= 11 is 0. The third-order valence-electron chi connectivity index (χ3n) is 8.07. The zero-order valence-corrected chi connectivity index (χ0v) is 21.5. The van der Waals surface area contributed by atoms with Crippen molar-refractivity contribution >= 4 is 22.4 Å². The van der Waals surface area contributed by atoms with Crippen molar-refractivity contribution in [1.82, 2.24) is 9.55 Å². The Kier molecular flexibility index (Phi) is 6.60. The lowest BCUT2D eigenvalue weighted by Crippen LogP contribution is -2.44. The van der Waals surface area contributed by atoms with E-state index in [2.05, 4.69) is 22.0 Å². The van der Waals surface area contributed by atoms with Crippen LogP contribution in [0.5, 0.6) is 0 Å². The number of nitriles is 2. The number of pyridine rings is 2. The molecule has 2 aliphatic rings. The van der Waals surface area contributed by atoms with Gasteiger partial charge in [0.1, 0.15) is 34.7 Å². The molecule has 0 aliphatic heterocycles. The minimum atomic E-state index is -0.362. The van der Waals surface area contributed by atoms with Gasteiger partial charge in [-0.1, -0.05) is 0 Å². The lowest BCUT2D eigenvalue weighted by molar-refractivity contribution is 0.365. The normalized spacial score (nSPS) is 19.3. The molecule has 3 aromatic rings. The van der Waals surface area contributed by atoms with Gasteiger partial charge >= 0.3 is 0 Å². The number of hydrogen-bond donors (Lipinski definition) is 0. The standard InChI is InChI=1S/C29H31FN6O/c1-18-14-23(11-12-25(18)30)36(17-19-4-5-19)22-9-7-21(8-10-22)34(2)28-24(16-32)29(37)35(3)26-13-6-20(15-31)33-27(26)28/h6,11-14,19,21-22H,4-5,7-10,17H2,1-3H3. The van der Waals surface area contributed by atoms with Crippen molar-refractivity contribution in [2.24, 2.45) is 13.0 Å². The monoisotopic (exact) mass is 498 g/mol. The highest BCUT2D eigenvalue weighted by atomic mass is 19.1. The highest BCUT2D eigenvalue weighted by molar-refractivity contribution is 5.92. The topological polar surface area (TPSA) is 89.0 Å². The van der Waals surface area contributed by atoms with Crippen LogP contribution in [0.1, 0.15) is 55.3 Å². The summed E-state index contributed by atoms with van der Waals surface area (Å²) in [6.45, 7) is 2.81. The van der Waals surface area contributed by atoms with Crippen molar-refractivity contribution in [1.29, 1.82) is 10.5 Å². The van der Waals surface area contributed by atoms with E-state index in [1.165, 1.54) is 17.4 Å². The van der Waals surface area contributed by atoms with E-state index in [1.54, 1.807) is 25.2 Å². The Morgan fingerprint density at radius 2 is 1.76 bits per heavy atom. The smallest absolute Gasteiger partial charge is 0.270 e. The van der Waals surface area contributed by atoms with Gasteiger partial charge in [0.15, 0.2) is 0 Å². The summed E-state index contributed by atoms with van der Waals surface area (Å²) in [4.78, 5) is 22.0. The second-order valence-electron chi connectivity index (χ2n) is 10.5. The maximum atomic E-state index is 14.0. The Hall–Kier alpha value is -3.91. The van der Waals surface area contributed by atoms with Gasteiger partial charge in [-0.2, -0.15) is 10.5 Å². The molecule has 2 aliphatic carbocycles. The minimum Gasteiger partial charge on any atom is -0.369 e. The van der Waals surface area contributed by atoms with E-state index in [0.29, 0.717) is 34.2 Å². The van der Waals surface area contributed by atoms with Crippen molar-refractivity contribution in [3.05, 3.63) is 63.3 Å². The molecule has 8 heteroatoms. The molecule has 0 spiro atoms. The Labute approximate surface area is 216 Å². The van der Waals surface area contributed by atoms with Gasteiger partial charge in [0.05, 0.1) is 11.2 Å². The van der Waals surface area contributed by atoms with Gasteiger partial charge in [-0.25, -0.2) is 9.37 Å². The molecule has 0 unspecified atom stereocenters. The Bertz CT molecular complexity index is 1490. The minimum absolute atomic E-state index is 0.0550. The maximum Gasteiger partial charge on any atom is 0.270 e. The predicted molar refractivity (Wildman–Crippen MR) is 142 cm³/mol. The van der Waals surface area contributed by atoms with E-state index in [-0.39, 0.29) is 28.7 Å². The fourth-order valence-electron chi connectivity index (χ4n) is 5.69. The highest BCUT2D eigenvalue weighted by Gasteiger charge is 2.33. The van der Waals surface area contributed by atoms with Gasteiger partial charge in [-0.15, -0.1) is 0 Å². The summed E-state index contributed by atoms with van der Waals surface area (Å²) in [6, 6.07) is 13.4. The second-order valence-corrected chi connectivity index (χ2v) is 10.5. The fraction of sp³-hybridized carbons (Fsp3) is 0.448. The Morgan fingerprint density at radius 3 is 2.38 bits per heavy atom. The zero-order valence-electron chi connectivity index (χ0n) is 21.5. The van der Waals surface area contributed by atoms with Crippen LogP contribution >= 0.6 is 0 Å². The zero-order chi connectivity index (χ0) is 26.3. The highest BCUT2D eigenvalue weighted by Crippen LogP contribution is 2.38. The van der Waals surface area contributed by atoms with Crippen LogP contribution in [0, 0.1) is 41.3 Å². The van der Waals surface area contributed by atoms with Crippen molar-refractivity contribution in [3.63, 3.8) is 0 Å². The van der Waals surface area contributed by atoms with E-state index in [9.17, 15) is 19.7 Å². The molecule has 1 aromatic carbocycles. The fourth-order valence-corrected chi connectivity index (χ4v) is 5.69. The maximum absolute atomic E-state index is 14.0. The number of benzene rings is 1. The average Bonchev–Trinajstić information content (AvgIpc) is 3.74. The lowest BCUT2D eigenvalue weighted by atomic mass is 9.88. The van der Waals surface area contributed by atoms with E-state index in [4.69, 9.17) is 0 Å². The van der Waals surface area contributed by atoms with Crippen LogP contribution in [0.3, 0.4) is 0 Å². The van der Waals surface area contributed by atoms with Crippen LogP contribution in [0.15, 0.2) is 35.1 Å². The Morgan fingerprint density at radius 1 is 1.05 bits per heavy atom. The number of hydrogen-bond acceptors (Lipinski definition) is 6.